The van der Waals surface area contributed by atoms with Crippen LogP contribution in [0.2, 0.25) is 0 Å². The molecule has 1 aliphatic rings. The van der Waals surface area contributed by atoms with Gasteiger partial charge in [0.2, 0.25) is 0 Å². The van der Waals surface area contributed by atoms with Gasteiger partial charge < -0.3 is 5.73 Å². The average Bonchev–Trinajstić information content (AvgIpc) is 2.33. The number of nitrogens with two attached hydrogens (primary N) is 1. The van der Waals surface area contributed by atoms with Gasteiger partial charge in [-0.2, -0.15) is 0 Å². The van der Waals surface area contributed by atoms with Crippen LogP contribution in [0.3, 0.4) is 0 Å². The van der Waals surface area contributed by atoms with Crippen LogP contribution in [0.25, 0.3) is 0 Å². The molecule has 0 spiro atoms. The van der Waals surface area contributed by atoms with Crippen molar-refractivity contribution in [2.45, 2.75) is 83.8 Å². The third-order valence-electron chi connectivity index (χ3n) is 4.72. The molecule has 1 fully saturated rings. The van der Waals surface area contributed by atoms with Crippen LogP contribution >= 0.6 is 0 Å². The van der Waals surface area contributed by atoms with Gasteiger partial charge in [0.25, 0.3) is 0 Å². The van der Waals surface area contributed by atoms with Crippen molar-refractivity contribution in [2.75, 3.05) is 7.05 Å². The van der Waals surface area contributed by atoms with Crippen molar-refractivity contribution in [3.63, 3.8) is 0 Å². The Morgan fingerprint density at radius 2 is 1.82 bits per heavy atom. The van der Waals surface area contributed by atoms with Crippen LogP contribution in [0.1, 0.15) is 65.7 Å². The molecule has 0 aliphatic heterocycles. The summed E-state index contributed by atoms with van der Waals surface area (Å²) >= 11 is 0. The lowest BCUT2D eigenvalue weighted by Gasteiger charge is -2.43. The largest absolute Gasteiger partial charge is 0.326 e. The molecule has 0 bridgehead atoms. The Kier molecular flexibility index (Phi) is 6.50. The van der Waals surface area contributed by atoms with Crippen LogP contribution in [0, 0.1) is 5.92 Å². The Bertz CT molecular complexity index is 201. The molecular weight excluding hydrogens is 208 g/mol. The highest BCUT2D eigenvalue weighted by atomic mass is 15.2. The van der Waals surface area contributed by atoms with Crippen molar-refractivity contribution >= 4 is 0 Å². The predicted molar refractivity (Wildman–Crippen MR) is 76.1 cm³/mol. The van der Waals surface area contributed by atoms with Crippen molar-refractivity contribution in [1.29, 1.82) is 0 Å². The fourth-order valence-corrected chi connectivity index (χ4v) is 3.53. The summed E-state index contributed by atoms with van der Waals surface area (Å²) < 4.78 is 0. The number of rotatable bonds is 6. The van der Waals surface area contributed by atoms with Crippen LogP contribution in [-0.4, -0.2) is 30.1 Å². The Hall–Kier alpha value is -0.0800. The number of likely N-dealkylation sites (N-methyl/N-ethyl adjacent to an activating group) is 1. The van der Waals surface area contributed by atoms with Crippen LogP contribution in [0.4, 0.5) is 0 Å². The van der Waals surface area contributed by atoms with Gasteiger partial charge in [-0.05, 0) is 45.1 Å². The summed E-state index contributed by atoms with van der Waals surface area (Å²) in [5, 5.41) is 0. The van der Waals surface area contributed by atoms with Gasteiger partial charge in [0, 0.05) is 18.1 Å². The van der Waals surface area contributed by atoms with Crippen molar-refractivity contribution in [2.24, 2.45) is 11.7 Å². The second-order valence-electron chi connectivity index (χ2n) is 5.83. The van der Waals surface area contributed by atoms with E-state index in [9.17, 15) is 0 Å². The first-order chi connectivity index (χ1) is 8.13. The number of nitrogens with zero attached hydrogens (tertiary/aromatic N) is 1. The molecule has 2 nitrogen and oxygen atoms in total. The van der Waals surface area contributed by atoms with Crippen LogP contribution in [-0.2, 0) is 0 Å². The van der Waals surface area contributed by atoms with E-state index in [1.165, 1.54) is 44.9 Å². The van der Waals surface area contributed by atoms with E-state index in [1.807, 2.05) is 0 Å². The fourth-order valence-electron chi connectivity index (χ4n) is 3.53. The SMILES string of the molecule is CCCC1CCC(N)C(N(C)C(CC)CC)C1. The summed E-state index contributed by atoms with van der Waals surface area (Å²) in [7, 11) is 2.29. The highest BCUT2D eigenvalue weighted by molar-refractivity contribution is 4.90. The smallest absolute Gasteiger partial charge is 0.0249 e. The molecule has 2 heteroatoms. The molecule has 1 rings (SSSR count). The summed E-state index contributed by atoms with van der Waals surface area (Å²) in [5.41, 5.74) is 6.34. The van der Waals surface area contributed by atoms with Crippen molar-refractivity contribution in [3.05, 3.63) is 0 Å². The Morgan fingerprint density at radius 3 is 2.35 bits per heavy atom. The highest BCUT2D eigenvalue weighted by Gasteiger charge is 2.32. The van der Waals surface area contributed by atoms with Gasteiger partial charge in [-0.1, -0.05) is 33.6 Å². The van der Waals surface area contributed by atoms with Gasteiger partial charge in [-0.25, -0.2) is 0 Å². The fraction of sp³-hybridized carbons (Fsp3) is 1.00. The van der Waals surface area contributed by atoms with E-state index in [2.05, 4.69) is 32.7 Å². The molecule has 3 atom stereocenters. The average molecular weight is 240 g/mol. The number of hydrogen-bond acceptors (Lipinski definition) is 2. The van der Waals surface area contributed by atoms with Crippen molar-refractivity contribution < 1.29 is 0 Å². The minimum atomic E-state index is 0.397. The summed E-state index contributed by atoms with van der Waals surface area (Å²) in [4.78, 5) is 2.58. The number of hydrogen-bond donors (Lipinski definition) is 1. The second-order valence-corrected chi connectivity index (χ2v) is 5.83. The Morgan fingerprint density at radius 1 is 1.18 bits per heavy atom. The summed E-state index contributed by atoms with van der Waals surface area (Å²) in [6.45, 7) is 6.89. The maximum atomic E-state index is 6.34. The standard InChI is InChI=1S/C15H32N2/c1-5-8-12-9-10-14(16)15(11-12)17(4)13(6-2)7-3/h12-15H,5-11,16H2,1-4H3. The van der Waals surface area contributed by atoms with Gasteiger partial charge in [-0.15, -0.1) is 0 Å². The minimum absolute atomic E-state index is 0.397. The maximum Gasteiger partial charge on any atom is 0.0249 e. The van der Waals surface area contributed by atoms with E-state index in [0.29, 0.717) is 18.1 Å². The lowest BCUT2D eigenvalue weighted by molar-refractivity contribution is 0.0902. The molecule has 102 valence electrons. The lowest BCUT2D eigenvalue weighted by Crippen LogP contribution is -2.52. The Labute approximate surface area is 108 Å². The highest BCUT2D eigenvalue weighted by Crippen LogP contribution is 2.31. The molecule has 0 saturated heterocycles. The van der Waals surface area contributed by atoms with E-state index in [-0.39, 0.29) is 0 Å². The van der Waals surface area contributed by atoms with Gasteiger partial charge >= 0.3 is 0 Å². The first-order valence-electron chi connectivity index (χ1n) is 7.61. The molecule has 0 radical (unpaired) electrons. The van der Waals surface area contributed by atoms with Crippen LogP contribution < -0.4 is 5.73 Å². The predicted octanol–water partition coefficient (Wildman–Crippen LogP) is 3.40. The lowest BCUT2D eigenvalue weighted by atomic mass is 9.79. The molecule has 3 unspecified atom stereocenters. The van der Waals surface area contributed by atoms with Crippen molar-refractivity contribution in [1.82, 2.24) is 4.90 Å². The molecule has 0 amide bonds. The molecule has 2 N–H and O–H groups in total. The van der Waals surface area contributed by atoms with Crippen molar-refractivity contribution in [3.8, 4) is 0 Å². The van der Waals surface area contributed by atoms with E-state index in [4.69, 9.17) is 5.73 Å². The van der Waals surface area contributed by atoms with Gasteiger partial charge in [0.15, 0.2) is 0 Å². The zero-order valence-electron chi connectivity index (χ0n) is 12.3. The monoisotopic (exact) mass is 240 g/mol. The molecule has 0 aromatic rings. The topological polar surface area (TPSA) is 29.3 Å². The second kappa shape index (κ2) is 7.38. The van der Waals surface area contributed by atoms with Crippen LogP contribution in [0.15, 0.2) is 0 Å². The maximum absolute atomic E-state index is 6.34. The first kappa shape index (κ1) is 15.0. The van der Waals surface area contributed by atoms with Gasteiger partial charge in [0.1, 0.15) is 0 Å². The molecule has 0 aromatic carbocycles. The van der Waals surface area contributed by atoms with Gasteiger partial charge in [-0.3, -0.25) is 4.90 Å². The molecule has 17 heavy (non-hydrogen) atoms. The van der Waals surface area contributed by atoms with E-state index in [1.54, 1.807) is 0 Å². The first-order valence-corrected chi connectivity index (χ1v) is 7.61. The van der Waals surface area contributed by atoms with Gasteiger partial charge in [0.05, 0.1) is 0 Å². The van der Waals surface area contributed by atoms with E-state index < -0.39 is 0 Å². The zero-order chi connectivity index (χ0) is 12.8. The zero-order valence-corrected chi connectivity index (χ0v) is 12.3. The normalized spacial score (nSPS) is 30.2. The summed E-state index contributed by atoms with van der Waals surface area (Å²) in [6.07, 6.45) is 9.09. The summed E-state index contributed by atoms with van der Waals surface area (Å²) in [6, 6.07) is 1.73. The molecule has 1 aliphatic carbocycles. The quantitative estimate of drug-likeness (QED) is 0.771. The molecule has 0 aromatic heterocycles. The van der Waals surface area contributed by atoms with E-state index in [0.717, 1.165) is 5.92 Å². The Balaban J connectivity index is 2.59. The third-order valence-corrected chi connectivity index (χ3v) is 4.72. The minimum Gasteiger partial charge on any atom is -0.326 e. The van der Waals surface area contributed by atoms with Crippen LogP contribution in [0.5, 0.6) is 0 Å². The molecule has 1 saturated carbocycles. The summed E-state index contributed by atoms with van der Waals surface area (Å²) in [5.74, 6) is 0.918. The molecule has 0 heterocycles. The third kappa shape index (κ3) is 3.96. The van der Waals surface area contributed by atoms with E-state index >= 15 is 0 Å². The molecular formula is C15H32N2.